The Morgan fingerprint density at radius 1 is 1.41 bits per heavy atom. The highest BCUT2D eigenvalue weighted by atomic mass is 35.5. The number of carbonyl (C=O) groups excluding carboxylic acids is 1. The van der Waals surface area contributed by atoms with E-state index in [9.17, 15) is 14.9 Å². The molecule has 0 fully saturated rings. The number of hydrogen-bond donors (Lipinski definition) is 0. The van der Waals surface area contributed by atoms with Crippen LogP contribution in [0.4, 0.5) is 5.69 Å². The minimum Gasteiger partial charge on any atom is -0.294 e. The van der Waals surface area contributed by atoms with Gasteiger partial charge in [0, 0.05) is 12.1 Å². The van der Waals surface area contributed by atoms with Crippen molar-refractivity contribution < 1.29 is 9.72 Å². The maximum atomic E-state index is 10.8. The van der Waals surface area contributed by atoms with Gasteiger partial charge >= 0.3 is 0 Å². The van der Waals surface area contributed by atoms with E-state index >= 15 is 0 Å². The minimum absolute atomic E-state index is 0.0352. The van der Waals surface area contributed by atoms with Crippen LogP contribution in [0.15, 0.2) is 42.5 Å². The molecule has 0 N–H and O–H groups in total. The Balaban J connectivity index is 2.72. The molecule has 0 unspecified atom stereocenters. The highest BCUT2D eigenvalue weighted by Crippen LogP contribution is 2.13. The fraction of sp³-hybridized carbons (Fsp3) is 0.0833. The third-order valence-corrected chi connectivity index (χ3v) is 2.16. The second-order valence-electron chi connectivity index (χ2n) is 3.17. The van der Waals surface area contributed by atoms with Crippen molar-refractivity contribution in [3.8, 4) is 0 Å². The smallest absolute Gasteiger partial charge is 0.270 e. The van der Waals surface area contributed by atoms with Crippen molar-refractivity contribution >= 4 is 29.1 Å². The van der Waals surface area contributed by atoms with Crippen LogP contribution in [-0.4, -0.2) is 16.6 Å². The van der Waals surface area contributed by atoms with Crippen LogP contribution < -0.4 is 0 Å². The first-order valence-corrected chi connectivity index (χ1v) is 5.35. The normalized spacial score (nSPS) is 11.1. The van der Waals surface area contributed by atoms with E-state index in [2.05, 4.69) is 0 Å². The van der Waals surface area contributed by atoms with E-state index in [1.54, 1.807) is 30.4 Å². The van der Waals surface area contributed by atoms with Crippen LogP contribution in [0, 0.1) is 10.1 Å². The van der Waals surface area contributed by atoms with Gasteiger partial charge in [0.15, 0.2) is 5.78 Å². The number of non-ortho nitro benzene ring substituents is 1. The molecule has 4 nitrogen and oxygen atoms in total. The van der Waals surface area contributed by atoms with Gasteiger partial charge < -0.3 is 0 Å². The van der Waals surface area contributed by atoms with Crippen molar-refractivity contribution in [2.45, 2.75) is 0 Å². The number of benzene rings is 1. The summed E-state index contributed by atoms with van der Waals surface area (Å²) in [7, 11) is 0. The summed E-state index contributed by atoms with van der Waals surface area (Å²) in [4.78, 5) is 20.9. The highest BCUT2D eigenvalue weighted by molar-refractivity contribution is 6.29. The van der Waals surface area contributed by atoms with Crippen LogP contribution in [0.1, 0.15) is 5.56 Å². The van der Waals surface area contributed by atoms with E-state index in [0.29, 0.717) is 5.56 Å². The molecule has 0 aliphatic carbocycles. The van der Waals surface area contributed by atoms with Crippen LogP contribution >= 0.6 is 11.6 Å². The van der Waals surface area contributed by atoms with Crippen molar-refractivity contribution in [3.63, 3.8) is 0 Å². The standard InChI is InChI=1S/C12H10ClNO3/c13-9-12(15)7-2-1-4-10-5-3-6-11(8-10)14(16)17/h1-8H,9H2. The monoisotopic (exact) mass is 251 g/mol. The highest BCUT2D eigenvalue weighted by Gasteiger charge is 2.02. The maximum absolute atomic E-state index is 10.8. The molecule has 0 aliphatic heterocycles. The van der Waals surface area contributed by atoms with Crippen LogP contribution in [-0.2, 0) is 4.79 Å². The molecule has 5 heteroatoms. The Bertz CT molecular complexity index is 480. The summed E-state index contributed by atoms with van der Waals surface area (Å²) >= 11 is 5.30. The van der Waals surface area contributed by atoms with E-state index in [0.717, 1.165) is 0 Å². The van der Waals surface area contributed by atoms with Crippen molar-refractivity contribution in [2.24, 2.45) is 0 Å². The Morgan fingerprint density at radius 2 is 2.18 bits per heavy atom. The zero-order chi connectivity index (χ0) is 12.7. The number of carbonyl (C=O) groups is 1. The van der Waals surface area contributed by atoms with Gasteiger partial charge in [0.2, 0.25) is 0 Å². The van der Waals surface area contributed by atoms with Crippen LogP contribution in [0.2, 0.25) is 0 Å². The fourth-order valence-electron chi connectivity index (χ4n) is 1.12. The van der Waals surface area contributed by atoms with E-state index < -0.39 is 4.92 Å². The summed E-state index contributed by atoms with van der Waals surface area (Å²) in [5.74, 6) is -0.239. The molecule has 17 heavy (non-hydrogen) atoms. The van der Waals surface area contributed by atoms with Gasteiger partial charge in [0.1, 0.15) is 0 Å². The molecule has 0 radical (unpaired) electrons. The Morgan fingerprint density at radius 3 is 2.82 bits per heavy atom. The molecular formula is C12H10ClNO3. The zero-order valence-electron chi connectivity index (χ0n) is 8.88. The van der Waals surface area contributed by atoms with Gasteiger partial charge in [-0.15, -0.1) is 11.6 Å². The lowest BCUT2D eigenvalue weighted by atomic mass is 10.2. The second kappa shape index (κ2) is 6.60. The van der Waals surface area contributed by atoms with Gasteiger partial charge in [-0.25, -0.2) is 0 Å². The zero-order valence-corrected chi connectivity index (χ0v) is 9.63. The number of hydrogen-bond acceptors (Lipinski definition) is 3. The fourth-order valence-corrected chi connectivity index (χ4v) is 1.21. The molecule has 0 heterocycles. The van der Waals surface area contributed by atoms with E-state index in [4.69, 9.17) is 11.6 Å². The first-order chi connectivity index (χ1) is 8.13. The van der Waals surface area contributed by atoms with Crippen molar-refractivity contribution in [1.29, 1.82) is 0 Å². The van der Waals surface area contributed by atoms with E-state index in [1.807, 2.05) is 0 Å². The minimum atomic E-state index is -0.454. The molecule has 0 amide bonds. The summed E-state index contributed by atoms with van der Waals surface area (Å²) in [6.45, 7) is 0. The van der Waals surface area contributed by atoms with Gasteiger partial charge in [0.05, 0.1) is 10.8 Å². The lowest BCUT2D eigenvalue weighted by Crippen LogP contribution is -1.91. The average Bonchev–Trinajstić information content (AvgIpc) is 2.34. The predicted octanol–water partition coefficient (Wildman–Crippen LogP) is 2.97. The molecule has 1 aromatic carbocycles. The summed E-state index contributed by atoms with van der Waals surface area (Å²) in [5.41, 5.74) is 0.732. The second-order valence-corrected chi connectivity index (χ2v) is 3.44. The molecule has 0 saturated carbocycles. The first-order valence-electron chi connectivity index (χ1n) is 4.81. The van der Waals surface area contributed by atoms with Gasteiger partial charge in [-0.05, 0) is 11.6 Å². The number of nitrogens with zero attached hydrogens (tertiary/aromatic N) is 1. The van der Waals surface area contributed by atoms with Gasteiger partial charge in [0.25, 0.3) is 5.69 Å². The summed E-state index contributed by atoms with van der Waals surface area (Å²) in [6.07, 6.45) is 6.19. The third kappa shape index (κ3) is 4.61. The lowest BCUT2D eigenvalue weighted by Gasteiger charge is -1.93. The van der Waals surface area contributed by atoms with Crippen molar-refractivity contribution in [2.75, 3.05) is 5.88 Å². The molecular weight excluding hydrogens is 242 g/mol. The van der Waals surface area contributed by atoms with E-state index in [1.165, 1.54) is 18.2 Å². The first kappa shape index (κ1) is 13.1. The number of alkyl halides is 1. The SMILES string of the molecule is O=C(C=CC=Cc1cccc([N+](=O)[O-])c1)CCl. The molecule has 1 aromatic rings. The topological polar surface area (TPSA) is 60.2 Å². The molecule has 88 valence electrons. The summed E-state index contributed by atoms with van der Waals surface area (Å²) in [6, 6.07) is 6.21. The lowest BCUT2D eigenvalue weighted by molar-refractivity contribution is -0.384. The van der Waals surface area contributed by atoms with Gasteiger partial charge in [-0.3, -0.25) is 14.9 Å². The van der Waals surface area contributed by atoms with E-state index in [-0.39, 0.29) is 17.4 Å². The van der Waals surface area contributed by atoms with Gasteiger partial charge in [-0.1, -0.05) is 30.4 Å². The molecule has 0 aliphatic rings. The number of ketones is 1. The number of rotatable bonds is 5. The molecule has 1 rings (SSSR count). The van der Waals surface area contributed by atoms with Crippen molar-refractivity contribution in [3.05, 3.63) is 58.2 Å². The van der Waals surface area contributed by atoms with Crippen LogP contribution in [0.3, 0.4) is 0 Å². The van der Waals surface area contributed by atoms with Crippen LogP contribution in [0.5, 0.6) is 0 Å². The average molecular weight is 252 g/mol. The number of halogens is 1. The largest absolute Gasteiger partial charge is 0.294 e. The summed E-state index contributed by atoms with van der Waals surface area (Å²) < 4.78 is 0. The molecule has 0 atom stereocenters. The number of nitro groups is 1. The molecule has 0 aromatic heterocycles. The number of nitro benzene ring substituents is 1. The third-order valence-electron chi connectivity index (χ3n) is 1.89. The maximum Gasteiger partial charge on any atom is 0.270 e. The Kier molecular flexibility index (Phi) is 5.10. The Labute approximate surface area is 103 Å². The van der Waals surface area contributed by atoms with Crippen LogP contribution in [0.25, 0.3) is 6.08 Å². The van der Waals surface area contributed by atoms with Crippen molar-refractivity contribution in [1.82, 2.24) is 0 Å². The molecule has 0 spiro atoms. The Hall–Kier alpha value is -1.94. The predicted molar refractivity (Wildman–Crippen MR) is 67.0 cm³/mol. The number of allylic oxidation sites excluding steroid dienone is 3. The van der Waals surface area contributed by atoms with Gasteiger partial charge in [-0.2, -0.15) is 0 Å². The molecule has 0 bridgehead atoms. The summed E-state index contributed by atoms with van der Waals surface area (Å²) in [5, 5.41) is 10.5. The quantitative estimate of drug-likeness (QED) is 0.266. The molecule has 0 saturated heterocycles.